The molecule has 1 atom stereocenters. The highest BCUT2D eigenvalue weighted by molar-refractivity contribution is 6.00. The Morgan fingerprint density at radius 2 is 2.15 bits per heavy atom. The van der Waals surface area contributed by atoms with Crippen molar-refractivity contribution in [1.29, 1.82) is 0 Å². The number of amides is 1. The van der Waals surface area contributed by atoms with Crippen molar-refractivity contribution >= 4 is 16.8 Å². The van der Waals surface area contributed by atoms with Crippen molar-refractivity contribution in [1.82, 2.24) is 9.88 Å². The molecule has 1 aliphatic heterocycles. The van der Waals surface area contributed by atoms with Gasteiger partial charge in [-0.25, -0.2) is 0 Å². The van der Waals surface area contributed by atoms with Crippen molar-refractivity contribution in [3.8, 4) is 0 Å². The van der Waals surface area contributed by atoms with Crippen LogP contribution in [0.1, 0.15) is 22.3 Å². The zero-order valence-corrected chi connectivity index (χ0v) is 11.3. The molecule has 3 rings (SSSR count). The SMILES string of the molecule is Cc1c(C(=O)N2CC[C@H](N)C2)c(=O)[nH]c2ccccc12. The average molecular weight is 271 g/mol. The second-order valence-electron chi connectivity index (χ2n) is 5.30. The maximum atomic E-state index is 12.5. The van der Waals surface area contributed by atoms with Crippen LogP contribution in [0, 0.1) is 6.92 Å². The summed E-state index contributed by atoms with van der Waals surface area (Å²) in [6.45, 7) is 2.96. The molecular formula is C15H17N3O2. The summed E-state index contributed by atoms with van der Waals surface area (Å²) in [4.78, 5) is 29.2. The number of hydrogen-bond donors (Lipinski definition) is 2. The lowest BCUT2D eigenvalue weighted by molar-refractivity contribution is 0.0788. The van der Waals surface area contributed by atoms with Gasteiger partial charge in [-0.2, -0.15) is 0 Å². The molecule has 1 fully saturated rings. The Kier molecular flexibility index (Phi) is 3.06. The Hall–Kier alpha value is -2.14. The molecule has 0 radical (unpaired) electrons. The molecule has 1 aromatic heterocycles. The maximum absolute atomic E-state index is 12.5. The molecule has 2 aromatic rings. The minimum Gasteiger partial charge on any atom is -0.337 e. The Morgan fingerprint density at radius 1 is 1.40 bits per heavy atom. The standard InChI is InChI=1S/C15H17N3O2/c1-9-11-4-2-3-5-12(11)17-14(19)13(9)15(20)18-7-6-10(16)8-18/h2-5,10H,6-8,16H2,1H3,(H,17,19)/t10-/m0/s1. The van der Waals surface area contributed by atoms with E-state index in [1.165, 1.54) is 0 Å². The van der Waals surface area contributed by atoms with Crippen molar-refractivity contribution in [2.75, 3.05) is 13.1 Å². The molecule has 1 aromatic carbocycles. The molecule has 0 aliphatic carbocycles. The van der Waals surface area contributed by atoms with E-state index in [4.69, 9.17) is 5.73 Å². The summed E-state index contributed by atoms with van der Waals surface area (Å²) in [5.74, 6) is -0.220. The topological polar surface area (TPSA) is 79.2 Å². The van der Waals surface area contributed by atoms with Gasteiger partial charge in [-0.15, -0.1) is 0 Å². The van der Waals surface area contributed by atoms with E-state index < -0.39 is 0 Å². The smallest absolute Gasteiger partial charge is 0.261 e. The van der Waals surface area contributed by atoms with E-state index >= 15 is 0 Å². The van der Waals surface area contributed by atoms with Gasteiger partial charge in [0.2, 0.25) is 0 Å². The summed E-state index contributed by atoms with van der Waals surface area (Å²) in [5, 5.41) is 0.902. The molecule has 104 valence electrons. The largest absolute Gasteiger partial charge is 0.337 e. The number of nitrogens with zero attached hydrogens (tertiary/aromatic N) is 1. The predicted molar refractivity (Wildman–Crippen MR) is 77.8 cm³/mol. The van der Waals surface area contributed by atoms with Crippen molar-refractivity contribution in [2.45, 2.75) is 19.4 Å². The van der Waals surface area contributed by atoms with E-state index in [9.17, 15) is 9.59 Å². The molecule has 1 aliphatic rings. The highest BCUT2D eigenvalue weighted by atomic mass is 16.2. The summed E-state index contributed by atoms with van der Waals surface area (Å²) < 4.78 is 0. The minimum absolute atomic E-state index is 0.0128. The number of aromatic nitrogens is 1. The number of nitrogens with one attached hydrogen (secondary N) is 1. The maximum Gasteiger partial charge on any atom is 0.261 e. The number of aromatic amines is 1. The van der Waals surface area contributed by atoms with Crippen LogP contribution in [0.3, 0.4) is 0 Å². The Labute approximate surface area is 116 Å². The number of carbonyl (C=O) groups excluding carboxylic acids is 1. The fraction of sp³-hybridized carbons (Fsp3) is 0.333. The van der Waals surface area contributed by atoms with E-state index in [2.05, 4.69) is 4.98 Å². The first kappa shape index (κ1) is 12.9. The fourth-order valence-electron chi connectivity index (χ4n) is 2.80. The number of H-pyrrole nitrogens is 1. The van der Waals surface area contributed by atoms with Gasteiger partial charge in [0.1, 0.15) is 5.56 Å². The van der Waals surface area contributed by atoms with Crippen LogP contribution in [-0.4, -0.2) is 34.9 Å². The summed E-state index contributed by atoms with van der Waals surface area (Å²) in [6.07, 6.45) is 0.788. The van der Waals surface area contributed by atoms with E-state index in [0.29, 0.717) is 13.1 Å². The molecule has 2 heterocycles. The third-order valence-corrected chi connectivity index (χ3v) is 3.91. The van der Waals surface area contributed by atoms with Crippen LogP contribution in [-0.2, 0) is 0 Å². The Bertz CT molecular complexity index is 735. The zero-order chi connectivity index (χ0) is 14.3. The molecule has 20 heavy (non-hydrogen) atoms. The Balaban J connectivity index is 2.12. The summed E-state index contributed by atoms with van der Waals surface area (Å²) >= 11 is 0. The molecule has 1 amide bonds. The van der Waals surface area contributed by atoms with Gasteiger partial charge in [0.25, 0.3) is 11.5 Å². The molecular weight excluding hydrogens is 254 g/mol. The normalized spacial score (nSPS) is 18.7. The third-order valence-electron chi connectivity index (χ3n) is 3.91. The van der Waals surface area contributed by atoms with Crippen LogP contribution in [0.2, 0.25) is 0 Å². The van der Waals surface area contributed by atoms with E-state index in [1.807, 2.05) is 31.2 Å². The lowest BCUT2D eigenvalue weighted by Gasteiger charge is -2.17. The van der Waals surface area contributed by atoms with Crippen molar-refractivity contribution in [3.05, 3.63) is 45.7 Å². The van der Waals surface area contributed by atoms with Crippen LogP contribution < -0.4 is 11.3 Å². The zero-order valence-electron chi connectivity index (χ0n) is 11.3. The predicted octanol–water partition coefficient (Wildman–Crippen LogP) is 1.01. The van der Waals surface area contributed by atoms with Gasteiger partial charge in [-0.1, -0.05) is 18.2 Å². The van der Waals surface area contributed by atoms with Gasteiger partial charge >= 0.3 is 0 Å². The number of para-hydroxylation sites is 1. The second-order valence-corrected chi connectivity index (χ2v) is 5.30. The number of hydrogen-bond acceptors (Lipinski definition) is 3. The Morgan fingerprint density at radius 3 is 2.85 bits per heavy atom. The van der Waals surface area contributed by atoms with Crippen LogP contribution in [0.5, 0.6) is 0 Å². The van der Waals surface area contributed by atoms with Gasteiger partial charge in [0.15, 0.2) is 0 Å². The van der Waals surface area contributed by atoms with E-state index in [0.717, 1.165) is 22.9 Å². The number of fused-ring (bicyclic) bond motifs is 1. The molecule has 0 unspecified atom stereocenters. The van der Waals surface area contributed by atoms with Crippen molar-refractivity contribution in [2.24, 2.45) is 5.73 Å². The number of aryl methyl sites for hydroxylation is 1. The molecule has 5 heteroatoms. The van der Waals surface area contributed by atoms with Gasteiger partial charge in [0, 0.05) is 30.0 Å². The van der Waals surface area contributed by atoms with Gasteiger partial charge in [-0.05, 0) is 25.0 Å². The van der Waals surface area contributed by atoms with Gasteiger partial charge in [0.05, 0.1) is 0 Å². The van der Waals surface area contributed by atoms with Gasteiger partial charge in [-0.3, -0.25) is 9.59 Å². The lowest BCUT2D eigenvalue weighted by atomic mass is 10.0. The quantitative estimate of drug-likeness (QED) is 0.812. The highest BCUT2D eigenvalue weighted by Crippen LogP contribution is 2.19. The number of carbonyl (C=O) groups is 1. The highest BCUT2D eigenvalue weighted by Gasteiger charge is 2.27. The van der Waals surface area contributed by atoms with Crippen molar-refractivity contribution < 1.29 is 4.79 Å². The van der Waals surface area contributed by atoms with Crippen LogP contribution in [0.15, 0.2) is 29.1 Å². The number of rotatable bonds is 1. The van der Waals surface area contributed by atoms with Crippen LogP contribution in [0.25, 0.3) is 10.9 Å². The van der Waals surface area contributed by atoms with Crippen LogP contribution >= 0.6 is 0 Å². The van der Waals surface area contributed by atoms with Crippen LogP contribution in [0.4, 0.5) is 0 Å². The summed E-state index contributed by atoms with van der Waals surface area (Å²) in [6, 6.07) is 7.52. The first-order valence-electron chi connectivity index (χ1n) is 6.74. The molecule has 3 N–H and O–H groups in total. The second kappa shape index (κ2) is 4.76. The third kappa shape index (κ3) is 2.00. The number of benzene rings is 1. The monoisotopic (exact) mass is 271 g/mol. The van der Waals surface area contributed by atoms with Crippen molar-refractivity contribution in [3.63, 3.8) is 0 Å². The molecule has 5 nitrogen and oxygen atoms in total. The lowest BCUT2D eigenvalue weighted by Crippen LogP contribution is -2.35. The van der Waals surface area contributed by atoms with E-state index in [1.54, 1.807) is 4.90 Å². The van der Waals surface area contributed by atoms with E-state index in [-0.39, 0.29) is 23.1 Å². The number of pyridine rings is 1. The first-order chi connectivity index (χ1) is 9.58. The summed E-state index contributed by atoms with van der Waals surface area (Å²) in [5.41, 5.74) is 7.22. The first-order valence-corrected chi connectivity index (χ1v) is 6.74. The van der Waals surface area contributed by atoms with Gasteiger partial charge < -0.3 is 15.6 Å². The molecule has 0 bridgehead atoms. The minimum atomic E-state index is -0.327. The molecule has 0 spiro atoms. The molecule has 0 saturated carbocycles. The summed E-state index contributed by atoms with van der Waals surface area (Å²) in [7, 11) is 0. The number of nitrogens with two attached hydrogens (primary N) is 1. The fourth-order valence-corrected chi connectivity index (χ4v) is 2.80. The average Bonchev–Trinajstić information content (AvgIpc) is 2.85. The number of likely N-dealkylation sites (tertiary alicyclic amines) is 1. The molecule has 1 saturated heterocycles.